The van der Waals surface area contributed by atoms with Crippen LogP contribution in [-0.4, -0.2) is 29.3 Å². The zero-order chi connectivity index (χ0) is 14.4. The highest BCUT2D eigenvalue weighted by Crippen LogP contribution is 2.10. The van der Waals surface area contributed by atoms with E-state index in [0.29, 0.717) is 0 Å². The van der Waals surface area contributed by atoms with Crippen LogP contribution in [0.2, 0.25) is 0 Å². The molecule has 0 atom stereocenters. The number of rotatable bonds is 6. The predicted octanol–water partition coefficient (Wildman–Crippen LogP) is 1.13. The van der Waals surface area contributed by atoms with E-state index >= 15 is 0 Å². The zero-order valence-corrected chi connectivity index (χ0v) is 9.78. The molecule has 0 spiro atoms. The third kappa shape index (κ3) is 4.82. The molecule has 19 heavy (non-hydrogen) atoms. The Kier molecular flexibility index (Phi) is 5.11. The lowest BCUT2D eigenvalue weighted by Gasteiger charge is -2.05. The maximum absolute atomic E-state index is 13.2. The van der Waals surface area contributed by atoms with Gasteiger partial charge in [0.2, 0.25) is 5.91 Å². The van der Waals surface area contributed by atoms with E-state index in [2.05, 4.69) is 5.32 Å². The fourth-order valence-corrected chi connectivity index (χ4v) is 1.29. The first-order valence-electron chi connectivity index (χ1n) is 5.37. The number of carbonyl (C=O) groups is 3. The van der Waals surface area contributed by atoms with Crippen molar-refractivity contribution in [2.75, 3.05) is 6.54 Å². The van der Waals surface area contributed by atoms with Crippen LogP contribution in [0.5, 0.6) is 0 Å². The number of hydrogen-bond donors (Lipinski definition) is 2. The Morgan fingerprint density at radius 3 is 2.47 bits per heavy atom. The van der Waals surface area contributed by atoms with Gasteiger partial charge in [-0.2, -0.15) is 0 Å². The topological polar surface area (TPSA) is 83.5 Å². The average molecular weight is 271 g/mol. The van der Waals surface area contributed by atoms with Gasteiger partial charge in [-0.3, -0.25) is 14.4 Å². The van der Waals surface area contributed by atoms with E-state index in [9.17, 15) is 23.2 Å². The van der Waals surface area contributed by atoms with Gasteiger partial charge in [0, 0.05) is 6.42 Å². The average Bonchev–Trinajstić information content (AvgIpc) is 2.36. The number of aliphatic carboxylic acids is 1. The van der Waals surface area contributed by atoms with E-state index in [0.717, 1.165) is 18.2 Å². The number of hydrogen-bond acceptors (Lipinski definition) is 3. The van der Waals surface area contributed by atoms with Gasteiger partial charge in [0.15, 0.2) is 5.78 Å². The number of nitrogens with one attached hydrogen (secondary N) is 1. The van der Waals surface area contributed by atoms with Crippen molar-refractivity contribution in [3.63, 3.8) is 0 Å². The van der Waals surface area contributed by atoms with E-state index in [4.69, 9.17) is 5.11 Å². The van der Waals surface area contributed by atoms with Gasteiger partial charge in [-0.15, -0.1) is 0 Å². The molecule has 0 aliphatic carbocycles. The van der Waals surface area contributed by atoms with Gasteiger partial charge < -0.3 is 10.4 Å². The summed E-state index contributed by atoms with van der Waals surface area (Å²) in [5, 5.41) is 10.5. The summed E-state index contributed by atoms with van der Waals surface area (Å²) < 4.78 is 26.1. The molecule has 5 nitrogen and oxygen atoms in total. The number of amides is 1. The number of Topliss-reactive ketones (excluding diaryl/α,β-unsaturated/α-hetero) is 1. The van der Waals surface area contributed by atoms with Gasteiger partial charge in [0.05, 0.1) is 18.5 Å². The highest BCUT2D eigenvalue weighted by atomic mass is 19.1. The Bertz CT molecular complexity index is 516. The smallest absolute Gasteiger partial charge is 0.303 e. The molecule has 0 saturated heterocycles. The van der Waals surface area contributed by atoms with Crippen molar-refractivity contribution in [1.29, 1.82) is 0 Å². The maximum Gasteiger partial charge on any atom is 0.303 e. The Labute approximate surface area is 107 Å². The van der Waals surface area contributed by atoms with E-state index < -0.39 is 41.4 Å². The lowest BCUT2D eigenvalue weighted by molar-refractivity contribution is -0.138. The molecule has 0 fully saturated rings. The number of benzene rings is 1. The molecule has 1 aromatic rings. The first kappa shape index (κ1) is 14.7. The molecule has 0 bridgehead atoms. The molecule has 1 amide bonds. The number of carboxylic acid groups (broad SMARTS) is 1. The van der Waals surface area contributed by atoms with E-state index in [1.807, 2.05) is 0 Å². The van der Waals surface area contributed by atoms with Crippen LogP contribution < -0.4 is 5.32 Å². The molecule has 0 aliphatic heterocycles. The normalized spacial score (nSPS) is 10.0. The van der Waals surface area contributed by atoms with E-state index in [1.54, 1.807) is 0 Å². The molecule has 1 aromatic carbocycles. The van der Waals surface area contributed by atoms with Gasteiger partial charge in [0.1, 0.15) is 11.6 Å². The van der Waals surface area contributed by atoms with Crippen LogP contribution in [0.1, 0.15) is 23.2 Å². The molecule has 0 aromatic heterocycles. The fraction of sp³-hybridized carbons (Fsp3) is 0.250. The Morgan fingerprint density at radius 1 is 1.16 bits per heavy atom. The van der Waals surface area contributed by atoms with Crippen molar-refractivity contribution in [2.45, 2.75) is 12.8 Å². The quantitative estimate of drug-likeness (QED) is 0.760. The van der Waals surface area contributed by atoms with Crippen LogP contribution in [0.4, 0.5) is 8.78 Å². The highest BCUT2D eigenvalue weighted by molar-refractivity contribution is 5.99. The minimum Gasteiger partial charge on any atom is -0.481 e. The molecule has 0 heterocycles. The summed E-state index contributed by atoms with van der Waals surface area (Å²) in [6.07, 6.45) is -0.650. The third-order valence-electron chi connectivity index (χ3n) is 2.24. The summed E-state index contributed by atoms with van der Waals surface area (Å²) in [5.74, 6) is -4.22. The van der Waals surface area contributed by atoms with Crippen molar-refractivity contribution in [3.8, 4) is 0 Å². The number of ketones is 1. The summed E-state index contributed by atoms with van der Waals surface area (Å²) in [6, 6.07) is 2.42. The summed E-state index contributed by atoms with van der Waals surface area (Å²) in [4.78, 5) is 32.9. The molecule has 2 N–H and O–H groups in total. The van der Waals surface area contributed by atoms with Gasteiger partial charge in [-0.1, -0.05) is 0 Å². The Balaban J connectivity index is 2.53. The molecule has 0 unspecified atom stereocenters. The molecule has 1 rings (SSSR count). The molecule has 0 aliphatic rings. The van der Waals surface area contributed by atoms with Crippen LogP contribution in [0.25, 0.3) is 0 Å². The van der Waals surface area contributed by atoms with E-state index in [-0.39, 0.29) is 12.8 Å². The number of carbonyl (C=O) groups excluding carboxylic acids is 2. The van der Waals surface area contributed by atoms with Crippen LogP contribution in [-0.2, 0) is 9.59 Å². The van der Waals surface area contributed by atoms with Crippen molar-refractivity contribution in [1.82, 2.24) is 5.32 Å². The fourth-order valence-electron chi connectivity index (χ4n) is 1.29. The molecular weight excluding hydrogens is 260 g/mol. The first-order valence-corrected chi connectivity index (χ1v) is 5.37. The van der Waals surface area contributed by atoms with Crippen molar-refractivity contribution in [2.24, 2.45) is 0 Å². The van der Waals surface area contributed by atoms with Crippen molar-refractivity contribution < 1.29 is 28.3 Å². The van der Waals surface area contributed by atoms with Gasteiger partial charge in [-0.25, -0.2) is 8.78 Å². The van der Waals surface area contributed by atoms with Crippen LogP contribution in [0.15, 0.2) is 18.2 Å². The first-order chi connectivity index (χ1) is 8.90. The maximum atomic E-state index is 13.2. The number of carboxylic acids is 1. The molecular formula is C12H11F2NO4. The lowest BCUT2D eigenvalue weighted by atomic mass is 10.1. The van der Waals surface area contributed by atoms with Gasteiger partial charge in [0.25, 0.3) is 0 Å². The second-order valence-corrected chi connectivity index (χ2v) is 3.72. The standard InChI is InChI=1S/C12H11F2NO4/c13-7-1-2-9(14)8(5-7)10(16)6-15-11(17)3-4-12(18)19/h1-2,5H,3-4,6H2,(H,15,17)(H,18,19). The summed E-state index contributed by atoms with van der Waals surface area (Å²) in [6.45, 7) is -0.515. The lowest BCUT2D eigenvalue weighted by Crippen LogP contribution is -2.30. The zero-order valence-electron chi connectivity index (χ0n) is 9.78. The second-order valence-electron chi connectivity index (χ2n) is 3.72. The Morgan fingerprint density at radius 2 is 1.84 bits per heavy atom. The predicted molar refractivity (Wildman–Crippen MR) is 60.6 cm³/mol. The van der Waals surface area contributed by atoms with Crippen molar-refractivity contribution in [3.05, 3.63) is 35.4 Å². The van der Waals surface area contributed by atoms with Crippen LogP contribution in [0, 0.1) is 11.6 Å². The summed E-state index contributed by atoms with van der Waals surface area (Å²) >= 11 is 0. The van der Waals surface area contributed by atoms with Gasteiger partial charge >= 0.3 is 5.97 Å². The minimum atomic E-state index is -1.14. The second kappa shape index (κ2) is 6.58. The molecule has 0 saturated carbocycles. The molecule has 102 valence electrons. The summed E-state index contributed by atoms with van der Waals surface area (Å²) in [5.41, 5.74) is -0.460. The number of halogens is 2. The SMILES string of the molecule is O=C(O)CCC(=O)NCC(=O)c1cc(F)ccc1F. The Hall–Kier alpha value is -2.31. The van der Waals surface area contributed by atoms with Crippen LogP contribution >= 0.6 is 0 Å². The monoisotopic (exact) mass is 271 g/mol. The van der Waals surface area contributed by atoms with Crippen LogP contribution in [0.3, 0.4) is 0 Å². The molecule has 0 radical (unpaired) electrons. The summed E-state index contributed by atoms with van der Waals surface area (Å²) in [7, 11) is 0. The molecule has 7 heteroatoms. The third-order valence-corrected chi connectivity index (χ3v) is 2.24. The minimum absolute atomic E-state index is 0.283. The van der Waals surface area contributed by atoms with Gasteiger partial charge in [-0.05, 0) is 18.2 Å². The van der Waals surface area contributed by atoms with Crippen molar-refractivity contribution >= 4 is 17.7 Å². The largest absolute Gasteiger partial charge is 0.481 e. The highest BCUT2D eigenvalue weighted by Gasteiger charge is 2.14. The van der Waals surface area contributed by atoms with E-state index in [1.165, 1.54) is 0 Å².